The number of esters is 3. The third-order valence-electron chi connectivity index (χ3n) is 14.0. The average Bonchev–Trinajstić information content (AvgIpc) is 3.40. The van der Waals surface area contributed by atoms with Crippen molar-refractivity contribution in [2.45, 2.75) is 329 Å². The van der Waals surface area contributed by atoms with Gasteiger partial charge in [-0.3, -0.25) is 14.4 Å². The van der Waals surface area contributed by atoms with Crippen LogP contribution in [0.15, 0.2) is 72.9 Å². The van der Waals surface area contributed by atoms with Crippen molar-refractivity contribution in [3.63, 3.8) is 0 Å². The van der Waals surface area contributed by atoms with Gasteiger partial charge in [0, 0.05) is 19.3 Å². The van der Waals surface area contributed by atoms with Gasteiger partial charge in [0.2, 0.25) is 0 Å². The number of unbranched alkanes of at least 4 members (excludes halogenated alkanes) is 35. The molecule has 0 spiro atoms. The van der Waals surface area contributed by atoms with E-state index in [0.717, 1.165) is 103 Å². The van der Waals surface area contributed by atoms with Crippen LogP contribution in [0.5, 0.6) is 0 Å². The van der Waals surface area contributed by atoms with Gasteiger partial charge in [0.15, 0.2) is 6.10 Å². The quantitative estimate of drug-likeness (QED) is 0.0261. The second kappa shape index (κ2) is 62.4. The van der Waals surface area contributed by atoms with Gasteiger partial charge in [-0.05, 0) is 70.6 Å². The summed E-state index contributed by atoms with van der Waals surface area (Å²) in [4.78, 5) is 38.2. The second-order valence-electron chi connectivity index (χ2n) is 21.3. The van der Waals surface area contributed by atoms with E-state index in [1.165, 1.54) is 180 Å². The number of carbonyl (C=O) groups excluding carboxylic acids is 3. The molecule has 0 aromatic heterocycles. The summed E-state index contributed by atoms with van der Waals surface area (Å²) >= 11 is 0. The minimum atomic E-state index is -0.775. The van der Waals surface area contributed by atoms with E-state index in [-0.39, 0.29) is 31.1 Å². The number of ether oxygens (including phenoxy) is 3. The lowest BCUT2D eigenvalue weighted by Gasteiger charge is -2.18. The maximum atomic E-state index is 12.9. The summed E-state index contributed by atoms with van der Waals surface area (Å²) in [5.74, 6) is -0.869. The number of carbonyl (C=O) groups is 3. The van der Waals surface area contributed by atoms with Crippen LogP contribution in [0.2, 0.25) is 0 Å². The summed E-state index contributed by atoms with van der Waals surface area (Å²) in [5, 5.41) is 0. The van der Waals surface area contributed by atoms with E-state index < -0.39 is 6.10 Å². The van der Waals surface area contributed by atoms with Gasteiger partial charge in [-0.2, -0.15) is 0 Å². The first kappa shape index (κ1) is 70.8. The highest BCUT2D eigenvalue weighted by molar-refractivity contribution is 5.71. The fraction of sp³-hybridized carbons (Fsp3) is 0.779. The lowest BCUT2D eigenvalue weighted by Crippen LogP contribution is -2.30. The zero-order valence-electron chi connectivity index (χ0n) is 49.1. The Balaban J connectivity index is 4.21. The minimum absolute atomic E-state index is 0.0735. The van der Waals surface area contributed by atoms with Crippen molar-refractivity contribution in [2.75, 3.05) is 13.2 Å². The van der Waals surface area contributed by atoms with Crippen LogP contribution in [0.3, 0.4) is 0 Å². The minimum Gasteiger partial charge on any atom is -0.462 e. The third-order valence-corrected chi connectivity index (χ3v) is 14.0. The van der Waals surface area contributed by atoms with E-state index in [1.807, 2.05) is 0 Å². The molecule has 0 heterocycles. The molecule has 0 aromatic carbocycles. The molecule has 0 N–H and O–H groups in total. The summed E-state index contributed by atoms with van der Waals surface area (Å²) in [7, 11) is 0. The van der Waals surface area contributed by atoms with Gasteiger partial charge >= 0.3 is 17.9 Å². The smallest absolute Gasteiger partial charge is 0.306 e. The zero-order chi connectivity index (χ0) is 53.6. The largest absolute Gasteiger partial charge is 0.462 e. The molecule has 0 amide bonds. The highest BCUT2D eigenvalue weighted by Crippen LogP contribution is 2.17. The predicted molar refractivity (Wildman–Crippen MR) is 321 cm³/mol. The van der Waals surface area contributed by atoms with E-state index in [9.17, 15) is 14.4 Å². The van der Waals surface area contributed by atoms with Gasteiger partial charge in [0.05, 0.1) is 0 Å². The van der Waals surface area contributed by atoms with Crippen LogP contribution in [0, 0.1) is 0 Å². The third kappa shape index (κ3) is 59.7. The van der Waals surface area contributed by atoms with E-state index >= 15 is 0 Å². The molecule has 0 aliphatic rings. The molecule has 0 aromatic rings. The average molecular weight is 1030 g/mol. The number of rotatable bonds is 58. The fourth-order valence-electron chi connectivity index (χ4n) is 9.21. The van der Waals surface area contributed by atoms with Crippen LogP contribution in [-0.2, 0) is 28.6 Å². The van der Waals surface area contributed by atoms with Crippen LogP contribution in [0.25, 0.3) is 0 Å². The van der Waals surface area contributed by atoms with Gasteiger partial charge in [-0.15, -0.1) is 0 Å². The lowest BCUT2D eigenvalue weighted by molar-refractivity contribution is -0.167. The van der Waals surface area contributed by atoms with E-state index in [1.54, 1.807) is 0 Å². The fourth-order valence-corrected chi connectivity index (χ4v) is 9.21. The Morgan fingerprint density at radius 1 is 0.284 bits per heavy atom. The molecular formula is C68H120O6. The molecule has 1 atom stereocenters. The summed E-state index contributed by atoms with van der Waals surface area (Å²) in [6, 6.07) is 0. The van der Waals surface area contributed by atoms with Crippen LogP contribution in [0.4, 0.5) is 0 Å². The second-order valence-corrected chi connectivity index (χ2v) is 21.3. The van der Waals surface area contributed by atoms with Crippen molar-refractivity contribution in [3.05, 3.63) is 72.9 Å². The molecule has 74 heavy (non-hydrogen) atoms. The first-order chi connectivity index (χ1) is 36.5. The SMILES string of the molecule is CC/C=C\C/C=C\C/C=C\C/C=C\C/C=C\C/C=C\CCCCCCCCCCC(=O)OCC(COC(=O)CCCCCCCCCCC)OC(=O)CCCCCCCCCCCCCCCCCCCCCC. The van der Waals surface area contributed by atoms with Gasteiger partial charge in [0.25, 0.3) is 0 Å². The molecule has 1 unspecified atom stereocenters. The Labute approximate surface area is 459 Å². The first-order valence-electron chi connectivity index (χ1n) is 31.9. The van der Waals surface area contributed by atoms with Crippen molar-refractivity contribution in [3.8, 4) is 0 Å². The normalized spacial score (nSPS) is 12.5. The van der Waals surface area contributed by atoms with Crippen LogP contribution >= 0.6 is 0 Å². The standard InChI is InChI=1S/C68H120O6/c1-4-7-10-13-16-19-21-23-25-27-29-31-32-33-34-35-36-37-39-40-42-44-46-49-52-55-58-61-67(70)73-64-65(63-72-66(69)60-57-54-51-48-18-15-12-9-6-3)74-68(71)62-59-56-53-50-47-45-43-41-38-30-28-26-24-22-20-17-14-11-8-5-2/h7,10,16,19,23,25,29,31,33-34,36-37,65H,4-6,8-9,11-15,17-18,20-22,24,26-28,30,32,35,38-64H2,1-3H3/b10-7-,19-16-,25-23-,31-29-,34-33-,37-36-. The van der Waals surface area contributed by atoms with E-state index in [0.29, 0.717) is 19.3 Å². The summed E-state index contributed by atoms with van der Waals surface area (Å²) in [6.07, 6.45) is 80.6. The van der Waals surface area contributed by atoms with E-state index in [4.69, 9.17) is 14.2 Å². The lowest BCUT2D eigenvalue weighted by atomic mass is 10.0. The van der Waals surface area contributed by atoms with Gasteiger partial charge in [-0.25, -0.2) is 0 Å². The van der Waals surface area contributed by atoms with Crippen molar-refractivity contribution in [1.82, 2.24) is 0 Å². The molecule has 0 rings (SSSR count). The Hall–Kier alpha value is -3.15. The highest BCUT2D eigenvalue weighted by atomic mass is 16.6. The molecule has 0 saturated carbocycles. The monoisotopic (exact) mass is 1030 g/mol. The van der Waals surface area contributed by atoms with Crippen LogP contribution in [0.1, 0.15) is 323 Å². The van der Waals surface area contributed by atoms with Crippen LogP contribution < -0.4 is 0 Å². The molecule has 6 heteroatoms. The number of allylic oxidation sites excluding steroid dienone is 12. The van der Waals surface area contributed by atoms with Crippen LogP contribution in [-0.4, -0.2) is 37.2 Å². The zero-order valence-corrected chi connectivity index (χ0v) is 49.1. The summed E-state index contributed by atoms with van der Waals surface area (Å²) < 4.78 is 16.9. The predicted octanol–water partition coefficient (Wildman–Crippen LogP) is 21.7. The molecule has 428 valence electrons. The van der Waals surface area contributed by atoms with Gasteiger partial charge in [-0.1, -0.05) is 306 Å². The van der Waals surface area contributed by atoms with Crippen molar-refractivity contribution in [2.24, 2.45) is 0 Å². The molecule has 0 saturated heterocycles. The Bertz CT molecular complexity index is 1370. The first-order valence-corrected chi connectivity index (χ1v) is 31.9. The van der Waals surface area contributed by atoms with Crippen molar-refractivity contribution < 1.29 is 28.6 Å². The molecule has 0 aliphatic carbocycles. The number of hydrogen-bond donors (Lipinski definition) is 0. The number of hydrogen-bond acceptors (Lipinski definition) is 6. The Kier molecular flexibility index (Phi) is 59.7. The maximum Gasteiger partial charge on any atom is 0.306 e. The molecule has 0 aliphatic heterocycles. The molecule has 0 fully saturated rings. The topological polar surface area (TPSA) is 78.9 Å². The maximum absolute atomic E-state index is 12.9. The Morgan fingerprint density at radius 3 is 0.824 bits per heavy atom. The molecular weight excluding hydrogens is 913 g/mol. The Morgan fingerprint density at radius 2 is 0.527 bits per heavy atom. The molecule has 0 radical (unpaired) electrons. The molecule has 6 nitrogen and oxygen atoms in total. The van der Waals surface area contributed by atoms with Gasteiger partial charge < -0.3 is 14.2 Å². The highest BCUT2D eigenvalue weighted by Gasteiger charge is 2.19. The molecule has 0 bridgehead atoms. The van der Waals surface area contributed by atoms with Crippen molar-refractivity contribution >= 4 is 17.9 Å². The summed E-state index contributed by atoms with van der Waals surface area (Å²) in [6.45, 7) is 6.54. The summed E-state index contributed by atoms with van der Waals surface area (Å²) in [5.41, 5.74) is 0. The van der Waals surface area contributed by atoms with Crippen molar-refractivity contribution in [1.29, 1.82) is 0 Å². The van der Waals surface area contributed by atoms with Gasteiger partial charge in [0.1, 0.15) is 13.2 Å². The van der Waals surface area contributed by atoms with E-state index in [2.05, 4.69) is 93.7 Å².